The van der Waals surface area contributed by atoms with Crippen molar-refractivity contribution in [1.29, 1.82) is 0 Å². The molecule has 1 unspecified atom stereocenters. The average Bonchev–Trinajstić information content (AvgIpc) is 3.28. The molecule has 0 radical (unpaired) electrons. The van der Waals surface area contributed by atoms with Crippen molar-refractivity contribution in [3.8, 4) is 0 Å². The summed E-state index contributed by atoms with van der Waals surface area (Å²) in [6.45, 7) is 5.70. The highest BCUT2D eigenvalue weighted by atomic mass is 16.2. The predicted molar refractivity (Wildman–Crippen MR) is 113 cm³/mol. The maximum atomic E-state index is 12.7. The van der Waals surface area contributed by atoms with Gasteiger partial charge in [0.25, 0.3) is 0 Å². The van der Waals surface area contributed by atoms with Crippen LogP contribution in [0.1, 0.15) is 36.4 Å². The lowest BCUT2D eigenvalue weighted by Gasteiger charge is -2.40. The fourth-order valence-electron chi connectivity index (χ4n) is 4.56. The zero-order valence-corrected chi connectivity index (χ0v) is 16.6. The minimum Gasteiger partial charge on any atom is -0.340 e. The summed E-state index contributed by atoms with van der Waals surface area (Å²) >= 11 is 0. The Kier molecular flexibility index (Phi) is 6.40. The van der Waals surface area contributed by atoms with Crippen molar-refractivity contribution in [2.24, 2.45) is 5.92 Å². The molecule has 28 heavy (non-hydrogen) atoms. The molecule has 0 aliphatic carbocycles. The first-order chi connectivity index (χ1) is 13.8. The molecule has 2 aliphatic rings. The summed E-state index contributed by atoms with van der Waals surface area (Å²) in [7, 11) is 0. The maximum absolute atomic E-state index is 12.7. The van der Waals surface area contributed by atoms with Crippen molar-refractivity contribution >= 4 is 5.91 Å². The molecule has 1 amide bonds. The number of carbonyl (C=O) groups is 1. The number of nitrogens with zero attached hydrogens (tertiary/aromatic N) is 2. The van der Waals surface area contributed by atoms with E-state index in [1.165, 1.54) is 17.5 Å². The van der Waals surface area contributed by atoms with Crippen LogP contribution >= 0.6 is 0 Å². The van der Waals surface area contributed by atoms with E-state index in [1.807, 2.05) is 0 Å². The van der Waals surface area contributed by atoms with Crippen molar-refractivity contribution in [3.05, 3.63) is 71.8 Å². The van der Waals surface area contributed by atoms with Gasteiger partial charge in [0.1, 0.15) is 0 Å². The molecule has 1 N–H and O–H groups in total. The Bertz CT molecular complexity index is 695. The van der Waals surface area contributed by atoms with E-state index in [0.717, 1.165) is 45.7 Å². The van der Waals surface area contributed by atoms with Crippen LogP contribution in [0.2, 0.25) is 0 Å². The third-order valence-corrected chi connectivity index (χ3v) is 6.19. The molecule has 2 aromatic rings. The third kappa shape index (κ3) is 4.62. The van der Waals surface area contributed by atoms with Crippen molar-refractivity contribution in [2.45, 2.75) is 25.3 Å². The largest absolute Gasteiger partial charge is 0.340 e. The fourth-order valence-corrected chi connectivity index (χ4v) is 4.56. The number of rotatable bonds is 6. The van der Waals surface area contributed by atoms with Crippen molar-refractivity contribution < 1.29 is 4.79 Å². The summed E-state index contributed by atoms with van der Waals surface area (Å²) in [4.78, 5) is 17.3. The van der Waals surface area contributed by atoms with Crippen LogP contribution in [0.4, 0.5) is 0 Å². The molecule has 2 heterocycles. The van der Waals surface area contributed by atoms with Gasteiger partial charge in [0, 0.05) is 32.6 Å². The molecule has 1 atom stereocenters. The van der Waals surface area contributed by atoms with E-state index in [1.54, 1.807) is 0 Å². The highest BCUT2D eigenvalue weighted by molar-refractivity contribution is 5.76. The van der Waals surface area contributed by atoms with Gasteiger partial charge >= 0.3 is 0 Å². The first-order valence-corrected chi connectivity index (χ1v) is 10.6. The summed E-state index contributed by atoms with van der Waals surface area (Å²) < 4.78 is 0. The number of hydrogen-bond donors (Lipinski definition) is 1. The summed E-state index contributed by atoms with van der Waals surface area (Å²) in [5, 5.41) is 3.39. The molecule has 2 aromatic carbocycles. The fraction of sp³-hybridized carbons (Fsp3) is 0.458. The van der Waals surface area contributed by atoms with Gasteiger partial charge in [0.05, 0.1) is 6.04 Å². The van der Waals surface area contributed by atoms with Crippen molar-refractivity contribution in [2.75, 3.05) is 39.3 Å². The van der Waals surface area contributed by atoms with Gasteiger partial charge in [-0.15, -0.1) is 0 Å². The zero-order chi connectivity index (χ0) is 19.2. The molecular weight excluding hydrogens is 346 g/mol. The van der Waals surface area contributed by atoms with E-state index < -0.39 is 0 Å². The van der Waals surface area contributed by atoms with Gasteiger partial charge in [-0.25, -0.2) is 0 Å². The minimum atomic E-state index is 0.254. The van der Waals surface area contributed by atoms with Crippen molar-refractivity contribution in [1.82, 2.24) is 15.1 Å². The summed E-state index contributed by atoms with van der Waals surface area (Å²) in [5.41, 5.74) is 2.64. The molecule has 4 nitrogen and oxygen atoms in total. The Morgan fingerprint density at radius 3 is 2.07 bits per heavy atom. The molecule has 0 bridgehead atoms. The molecule has 0 spiro atoms. The van der Waals surface area contributed by atoms with Crippen LogP contribution in [0.3, 0.4) is 0 Å². The van der Waals surface area contributed by atoms with Gasteiger partial charge in [-0.3, -0.25) is 9.69 Å². The first kappa shape index (κ1) is 19.2. The van der Waals surface area contributed by atoms with Crippen LogP contribution in [0.15, 0.2) is 60.7 Å². The SMILES string of the molecule is O=C(CCC1CCNC1)N1CCN(C(c2ccccc2)c2ccccc2)CC1. The number of piperazine rings is 1. The zero-order valence-electron chi connectivity index (χ0n) is 16.6. The number of amides is 1. The Morgan fingerprint density at radius 1 is 0.929 bits per heavy atom. The Hall–Kier alpha value is -2.17. The summed E-state index contributed by atoms with van der Waals surface area (Å²) in [6.07, 6.45) is 2.95. The second-order valence-electron chi connectivity index (χ2n) is 8.04. The first-order valence-electron chi connectivity index (χ1n) is 10.6. The van der Waals surface area contributed by atoms with Crippen LogP contribution in [0.25, 0.3) is 0 Å². The van der Waals surface area contributed by atoms with Crippen LogP contribution in [0.5, 0.6) is 0 Å². The van der Waals surface area contributed by atoms with E-state index in [4.69, 9.17) is 0 Å². The molecule has 0 aromatic heterocycles. The lowest BCUT2D eigenvalue weighted by molar-refractivity contribution is -0.133. The third-order valence-electron chi connectivity index (χ3n) is 6.19. The van der Waals surface area contributed by atoms with E-state index in [0.29, 0.717) is 18.2 Å². The van der Waals surface area contributed by atoms with Gasteiger partial charge in [-0.05, 0) is 43.0 Å². The van der Waals surface area contributed by atoms with Crippen LogP contribution in [0, 0.1) is 5.92 Å². The smallest absolute Gasteiger partial charge is 0.222 e. The van der Waals surface area contributed by atoms with Gasteiger partial charge in [-0.1, -0.05) is 60.7 Å². The Balaban J connectivity index is 1.38. The second kappa shape index (κ2) is 9.35. The predicted octanol–water partition coefficient (Wildman–Crippen LogP) is 3.31. The van der Waals surface area contributed by atoms with Gasteiger partial charge in [-0.2, -0.15) is 0 Å². The highest BCUT2D eigenvalue weighted by Crippen LogP contribution is 2.29. The Labute approximate surface area is 168 Å². The second-order valence-corrected chi connectivity index (χ2v) is 8.04. The number of hydrogen-bond acceptors (Lipinski definition) is 3. The highest BCUT2D eigenvalue weighted by Gasteiger charge is 2.28. The molecule has 0 saturated carbocycles. The number of carbonyl (C=O) groups excluding carboxylic acids is 1. The molecule has 148 valence electrons. The molecule has 2 aliphatic heterocycles. The monoisotopic (exact) mass is 377 g/mol. The van der Waals surface area contributed by atoms with Crippen molar-refractivity contribution in [3.63, 3.8) is 0 Å². The normalized spacial score (nSPS) is 20.6. The van der Waals surface area contributed by atoms with E-state index in [2.05, 4.69) is 75.8 Å². The Morgan fingerprint density at radius 2 is 1.54 bits per heavy atom. The van der Waals surface area contributed by atoms with Crippen LogP contribution < -0.4 is 5.32 Å². The van der Waals surface area contributed by atoms with E-state index >= 15 is 0 Å². The summed E-state index contributed by atoms with van der Waals surface area (Å²) in [5.74, 6) is 1.02. The molecular formula is C24H31N3O. The minimum absolute atomic E-state index is 0.254. The van der Waals surface area contributed by atoms with Gasteiger partial charge < -0.3 is 10.2 Å². The van der Waals surface area contributed by atoms with E-state index in [9.17, 15) is 4.79 Å². The standard InChI is InChI=1S/C24H31N3O/c28-23(12-11-20-13-14-25-19-20)26-15-17-27(18-16-26)24(21-7-3-1-4-8-21)22-9-5-2-6-10-22/h1-10,20,24-25H,11-19H2. The lowest BCUT2D eigenvalue weighted by atomic mass is 9.96. The topological polar surface area (TPSA) is 35.6 Å². The molecule has 4 rings (SSSR count). The molecule has 2 saturated heterocycles. The maximum Gasteiger partial charge on any atom is 0.222 e. The van der Waals surface area contributed by atoms with Crippen LogP contribution in [-0.2, 0) is 4.79 Å². The van der Waals surface area contributed by atoms with Crippen LogP contribution in [-0.4, -0.2) is 55.0 Å². The number of nitrogens with one attached hydrogen (secondary N) is 1. The van der Waals surface area contributed by atoms with Gasteiger partial charge in [0.2, 0.25) is 5.91 Å². The average molecular weight is 378 g/mol. The van der Waals surface area contributed by atoms with Gasteiger partial charge in [0.15, 0.2) is 0 Å². The molecule has 4 heteroatoms. The number of benzene rings is 2. The van der Waals surface area contributed by atoms with E-state index in [-0.39, 0.29) is 6.04 Å². The lowest BCUT2D eigenvalue weighted by Crippen LogP contribution is -2.49. The molecule has 2 fully saturated rings. The summed E-state index contributed by atoms with van der Waals surface area (Å²) in [6, 6.07) is 21.7. The quantitative estimate of drug-likeness (QED) is 0.839.